The highest BCUT2D eigenvalue weighted by atomic mass is 16.7. The van der Waals surface area contributed by atoms with Crippen molar-refractivity contribution in [2.24, 2.45) is 4.99 Å². The lowest BCUT2D eigenvalue weighted by Crippen LogP contribution is -2.39. The van der Waals surface area contributed by atoms with E-state index in [4.69, 9.17) is 18.9 Å². The van der Waals surface area contributed by atoms with Crippen LogP contribution in [0.25, 0.3) is 0 Å². The van der Waals surface area contributed by atoms with Crippen molar-refractivity contribution in [2.75, 3.05) is 58.6 Å². The normalized spacial score (nSPS) is 16.1. The first kappa shape index (κ1) is 21.0. The number of benzene rings is 2. The standard InChI is InChI=1S/C22H26N4O5/c1-28-18-4-2-3-16(13-18)21(27)25-22(23-7-8-26-9-11-29-12-10-26)24-17-5-6-19-20(14-17)31-15-30-19/h2-6,13-14H,7-12,15H2,1H3,(H2,23,24,25,27). The van der Waals surface area contributed by atoms with Crippen LogP contribution in [-0.2, 0) is 4.74 Å². The van der Waals surface area contributed by atoms with E-state index in [1.54, 1.807) is 31.4 Å². The Balaban J connectivity index is 1.46. The van der Waals surface area contributed by atoms with Gasteiger partial charge in [-0.15, -0.1) is 0 Å². The molecule has 0 spiro atoms. The third-order valence-electron chi connectivity index (χ3n) is 4.99. The molecule has 1 amide bonds. The van der Waals surface area contributed by atoms with Gasteiger partial charge in [-0.1, -0.05) is 6.07 Å². The summed E-state index contributed by atoms with van der Waals surface area (Å²) in [5.74, 6) is 2.04. The minimum Gasteiger partial charge on any atom is -0.497 e. The number of anilines is 1. The predicted molar refractivity (Wildman–Crippen MR) is 116 cm³/mol. The summed E-state index contributed by atoms with van der Waals surface area (Å²) in [7, 11) is 1.57. The number of carbonyl (C=O) groups is 1. The molecular formula is C22H26N4O5. The summed E-state index contributed by atoms with van der Waals surface area (Å²) < 4.78 is 21.4. The van der Waals surface area contributed by atoms with Crippen molar-refractivity contribution in [2.45, 2.75) is 0 Å². The quantitative estimate of drug-likeness (QED) is 0.539. The third-order valence-corrected chi connectivity index (χ3v) is 4.99. The lowest BCUT2D eigenvalue weighted by atomic mass is 10.2. The molecule has 2 aromatic carbocycles. The van der Waals surface area contributed by atoms with Crippen molar-refractivity contribution >= 4 is 17.6 Å². The minimum absolute atomic E-state index is 0.200. The highest BCUT2D eigenvalue weighted by Gasteiger charge is 2.16. The Morgan fingerprint density at radius 2 is 1.97 bits per heavy atom. The van der Waals surface area contributed by atoms with Gasteiger partial charge in [-0.05, 0) is 30.3 Å². The maximum absolute atomic E-state index is 12.8. The smallest absolute Gasteiger partial charge is 0.258 e. The van der Waals surface area contributed by atoms with E-state index in [9.17, 15) is 4.79 Å². The van der Waals surface area contributed by atoms with Gasteiger partial charge in [-0.25, -0.2) is 0 Å². The summed E-state index contributed by atoms with van der Waals surface area (Å²) in [6.07, 6.45) is 0. The summed E-state index contributed by atoms with van der Waals surface area (Å²) in [6, 6.07) is 12.5. The SMILES string of the molecule is COc1cccc(C(=O)NC(=NCCN2CCOCC2)Nc2ccc3c(c2)OCO3)c1. The Kier molecular flexibility index (Phi) is 6.85. The van der Waals surface area contributed by atoms with Crippen molar-refractivity contribution in [1.82, 2.24) is 10.2 Å². The van der Waals surface area contributed by atoms with Gasteiger partial charge >= 0.3 is 0 Å². The third kappa shape index (κ3) is 5.65. The van der Waals surface area contributed by atoms with Gasteiger partial charge in [0.05, 0.1) is 26.9 Å². The Labute approximate surface area is 180 Å². The largest absolute Gasteiger partial charge is 0.497 e. The lowest BCUT2D eigenvalue weighted by Gasteiger charge is -2.25. The second-order valence-electron chi connectivity index (χ2n) is 7.06. The number of fused-ring (bicyclic) bond motifs is 1. The van der Waals surface area contributed by atoms with Crippen LogP contribution in [0, 0.1) is 0 Å². The van der Waals surface area contributed by atoms with Gasteiger partial charge in [-0.3, -0.25) is 20.0 Å². The molecule has 164 valence electrons. The molecule has 2 heterocycles. The van der Waals surface area contributed by atoms with Crippen molar-refractivity contribution < 1.29 is 23.7 Å². The topological polar surface area (TPSA) is 93.7 Å². The second kappa shape index (κ2) is 10.1. The number of methoxy groups -OCH3 is 1. The summed E-state index contributed by atoms with van der Waals surface area (Å²) in [5.41, 5.74) is 1.22. The van der Waals surface area contributed by atoms with Crippen LogP contribution in [0.1, 0.15) is 10.4 Å². The van der Waals surface area contributed by atoms with E-state index in [0.717, 1.165) is 38.5 Å². The Hall–Kier alpha value is -3.30. The van der Waals surface area contributed by atoms with Crippen LogP contribution in [0.4, 0.5) is 5.69 Å². The summed E-state index contributed by atoms with van der Waals surface area (Å²) in [5, 5.41) is 6.05. The Morgan fingerprint density at radius 1 is 1.13 bits per heavy atom. The zero-order valence-corrected chi connectivity index (χ0v) is 17.4. The summed E-state index contributed by atoms with van der Waals surface area (Å²) >= 11 is 0. The van der Waals surface area contributed by atoms with E-state index in [1.807, 2.05) is 18.2 Å². The fourth-order valence-electron chi connectivity index (χ4n) is 3.29. The molecule has 1 fully saturated rings. The first-order valence-corrected chi connectivity index (χ1v) is 10.2. The number of guanidine groups is 1. The van der Waals surface area contributed by atoms with Gasteiger partial charge < -0.3 is 24.3 Å². The van der Waals surface area contributed by atoms with Gasteiger partial charge in [0.25, 0.3) is 5.91 Å². The first-order valence-electron chi connectivity index (χ1n) is 10.2. The Bertz CT molecular complexity index is 943. The zero-order valence-electron chi connectivity index (χ0n) is 17.4. The average Bonchev–Trinajstić information content (AvgIpc) is 3.27. The van der Waals surface area contributed by atoms with Crippen molar-refractivity contribution in [3.63, 3.8) is 0 Å². The molecule has 0 atom stereocenters. The number of amides is 1. The maximum atomic E-state index is 12.8. The van der Waals surface area contributed by atoms with Crippen LogP contribution >= 0.6 is 0 Å². The molecule has 2 N–H and O–H groups in total. The number of hydrogen-bond acceptors (Lipinski definition) is 7. The number of morpholine rings is 1. The Morgan fingerprint density at radius 3 is 2.81 bits per heavy atom. The number of nitrogens with zero attached hydrogens (tertiary/aromatic N) is 2. The highest BCUT2D eigenvalue weighted by Crippen LogP contribution is 2.34. The lowest BCUT2D eigenvalue weighted by molar-refractivity contribution is 0.0394. The fraction of sp³-hybridized carbons (Fsp3) is 0.364. The molecule has 4 rings (SSSR count). The summed E-state index contributed by atoms with van der Waals surface area (Å²) in [6.45, 7) is 4.76. The molecule has 0 unspecified atom stereocenters. The maximum Gasteiger partial charge on any atom is 0.258 e. The number of ether oxygens (including phenoxy) is 4. The molecule has 0 aromatic heterocycles. The molecule has 0 radical (unpaired) electrons. The van der Waals surface area contributed by atoms with Gasteiger partial charge in [-0.2, -0.15) is 0 Å². The number of hydrogen-bond donors (Lipinski definition) is 2. The number of aliphatic imine (C=N–C) groups is 1. The molecule has 2 aliphatic heterocycles. The van der Waals surface area contributed by atoms with E-state index in [0.29, 0.717) is 35.3 Å². The summed E-state index contributed by atoms with van der Waals surface area (Å²) in [4.78, 5) is 19.7. The number of rotatable bonds is 6. The monoisotopic (exact) mass is 426 g/mol. The van der Waals surface area contributed by atoms with Crippen LogP contribution < -0.4 is 24.8 Å². The molecule has 1 saturated heterocycles. The van der Waals surface area contributed by atoms with Crippen molar-refractivity contribution in [1.29, 1.82) is 0 Å². The van der Waals surface area contributed by atoms with E-state index >= 15 is 0 Å². The molecule has 2 aliphatic rings. The molecule has 0 aliphatic carbocycles. The van der Waals surface area contributed by atoms with Crippen LogP contribution in [0.2, 0.25) is 0 Å². The van der Waals surface area contributed by atoms with Crippen LogP contribution in [0.5, 0.6) is 17.2 Å². The van der Waals surface area contributed by atoms with Gasteiger partial charge in [0.15, 0.2) is 11.5 Å². The van der Waals surface area contributed by atoms with Gasteiger partial charge in [0.1, 0.15) is 5.75 Å². The highest BCUT2D eigenvalue weighted by molar-refractivity contribution is 6.10. The van der Waals surface area contributed by atoms with Crippen LogP contribution in [-0.4, -0.2) is 70.1 Å². The molecular weight excluding hydrogens is 400 g/mol. The van der Waals surface area contributed by atoms with E-state index in [-0.39, 0.29) is 12.7 Å². The van der Waals surface area contributed by atoms with Gasteiger partial charge in [0.2, 0.25) is 12.8 Å². The molecule has 0 saturated carbocycles. The average molecular weight is 426 g/mol. The van der Waals surface area contributed by atoms with Crippen molar-refractivity contribution in [3.8, 4) is 17.2 Å². The second-order valence-corrected chi connectivity index (χ2v) is 7.06. The molecule has 0 bridgehead atoms. The fourth-order valence-corrected chi connectivity index (χ4v) is 3.29. The van der Waals surface area contributed by atoms with E-state index < -0.39 is 0 Å². The predicted octanol–water partition coefficient (Wildman–Crippen LogP) is 1.95. The number of carbonyl (C=O) groups excluding carboxylic acids is 1. The van der Waals surface area contributed by atoms with Crippen molar-refractivity contribution in [3.05, 3.63) is 48.0 Å². The van der Waals surface area contributed by atoms with Crippen LogP contribution in [0.15, 0.2) is 47.5 Å². The van der Waals surface area contributed by atoms with Gasteiger partial charge in [0, 0.05) is 37.0 Å². The molecule has 9 heteroatoms. The molecule has 9 nitrogen and oxygen atoms in total. The first-order chi connectivity index (χ1) is 15.2. The van der Waals surface area contributed by atoms with Crippen LogP contribution in [0.3, 0.4) is 0 Å². The minimum atomic E-state index is -0.280. The van der Waals surface area contributed by atoms with E-state index in [2.05, 4.69) is 20.5 Å². The molecule has 2 aromatic rings. The number of nitrogens with one attached hydrogen (secondary N) is 2. The zero-order chi connectivity index (χ0) is 21.5. The molecule has 31 heavy (non-hydrogen) atoms. The van der Waals surface area contributed by atoms with E-state index in [1.165, 1.54) is 0 Å².